The minimum atomic E-state index is -1.06. The average Bonchev–Trinajstić information content (AvgIpc) is 3.35. The molecule has 3 aromatic rings. The van der Waals surface area contributed by atoms with Crippen LogP contribution in [0.1, 0.15) is 10.4 Å². The number of anilines is 1. The second-order valence-corrected chi connectivity index (χ2v) is 8.73. The Morgan fingerprint density at radius 3 is 2.49 bits per heavy atom. The number of hydrazone groups is 1. The van der Waals surface area contributed by atoms with Crippen molar-refractivity contribution in [3.05, 3.63) is 94.6 Å². The van der Waals surface area contributed by atoms with Crippen LogP contribution in [-0.2, 0) is 9.59 Å². The third-order valence-corrected chi connectivity index (χ3v) is 6.89. The Kier molecular flexibility index (Phi) is 4.60. The second-order valence-electron chi connectivity index (χ2n) is 8.73. The highest BCUT2D eigenvalue weighted by atomic mass is 16.6. The van der Waals surface area contributed by atoms with E-state index in [-0.39, 0.29) is 17.2 Å². The molecule has 3 aliphatic heterocycles. The molecule has 0 radical (unpaired) electrons. The van der Waals surface area contributed by atoms with Crippen LogP contribution in [0.5, 0.6) is 0 Å². The van der Waals surface area contributed by atoms with E-state index in [0.717, 1.165) is 10.8 Å². The molecule has 4 atom stereocenters. The highest BCUT2D eigenvalue weighted by molar-refractivity contribution is 6.25. The van der Waals surface area contributed by atoms with Crippen LogP contribution < -0.4 is 4.90 Å². The zero-order chi connectivity index (χ0) is 24.3. The number of fused-ring (bicyclic) bond motifs is 4. The highest BCUT2D eigenvalue weighted by Crippen LogP contribution is 2.46. The fourth-order valence-electron chi connectivity index (χ4n) is 5.35. The number of allylic oxidation sites excluding steroid dienone is 1. The van der Waals surface area contributed by atoms with E-state index in [1.165, 1.54) is 40.4 Å². The molecule has 0 aliphatic carbocycles. The van der Waals surface area contributed by atoms with E-state index >= 15 is 0 Å². The zero-order valence-corrected chi connectivity index (χ0v) is 18.2. The number of non-ortho nitro benzene ring substituents is 1. The van der Waals surface area contributed by atoms with E-state index in [4.69, 9.17) is 0 Å². The minimum absolute atomic E-state index is 0.0951. The molecule has 0 aromatic heterocycles. The first-order chi connectivity index (χ1) is 17.0. The maximum absolute atomic E-state index is 13.7. The predicted octanol–water partition coefficient (Wildman–Crippen LogP) is 3.34. The average molecular weight is 466 g/mol. The second kappa shape index (κ2) is 7.69. The van der Waals surface area contributed by atoms with Gasteiger partial charge in [0.15, 0.2) is 5.78 Å². The molecule has 9 nitrogen and oxygen atoms in total. The standard InChI is InChI=1S/C26H18N4O5/c31-24(17-7-3-8-19(14-17)30(34)35)23-22-21(20-9-4-12-27-29(20)23)25(32)28(26(22)33)18-11-10-15-5-1-2-6-16(15)13-18/h1-14,20-23H/t20-,21-,22-,23+/m1/s1. The molecule has 3 heterocycles. The fraction of sp³-hybridized carbons (Fsp3) is 0.154. The van der Waals surface area contributed by atoms with Gasteiger partial charge in [-0.2, -0.15) is 5.10 Å². The van der Waals surface area contributed by atoms with Gasteiger partial charge in [0.2, 0.25) is 11.8 Å². The number of benzene rings is 3. The van der Waals surface area contributed by atoms with Gasteiger partial charge in [-0.1, -0.05) is 48.5 Å². The summed E-state index contributed by atoms with van der Waals surface area (Å²) < 4.78 is 0. The van der Waals surface area contributed by atoms with Crippen molar-refractivity contribution in [3.8, 4) is 0 Å². The van der Waals surface area contributed by atoms with Crippen LogP contribution in [0.25, 0.3) is 10.8 Å². The monoisotopic (exact) mass is 466 g/mol. The number of carbonyl (C=O) groups excluding carboxylic acids is 3. The van der Waals surface area contributed by atoms with E-state index in [1.807, 2.05) is 30.3 Å². The Bertz CT molecular complexity index is 1500. The summed E-state index contributed by atoms with van der Waals surface area (Å²) >= 11 is 0. The van der Waals surface area contributed by atoms with Crippen LogP contribution in [-0.4, -0.2) is 45.8 Å². The molecule has 0 saturated carbocycles. The number of nitro benzene ring substituents is 1. The lowest BCUT2D eigenvalue weighted by Gasteiger charge is -2.30. The lowest BCUT2D eigenvalue weighted by atomic mass is 9.86. The molecule has 2 saturated heterocycles. The number of hydrogen-bond acceptors (Lipinski definition) is 7. The fourth-order valence-corrected chi connectivity index (χ4v) is 5.35. The van der Waals surface area contributed by atoms with Gasteiger partial charge in [0.05, 0.1) is 28.5 Å². The Balaban J connectivity index is 1.43. The van der Waals surface area contributed by atoms with E-state index < -0.39 is 40.5 Å². The normalized spacial score (nSPS) is 24.7. The predicted molar refractivity (Wildman–Crippen MR) is 128 cm³/mol. The summed E-state index contributed by atoms with van der Waals surface area (Å²) in [5, 5.41) is 18.9. The SMILES string of the molecule is O=C(c1cccc([N+](=O)[O-])c1)[C@@H]1[C@@H]2C(=O)N(c3ccc4ccccc4c3)C(=O)[C@@H]2[C@H]2C=CC=NN21. The van der Waals surface area contributed by atoms with Gasteiger partial charge in [0.1, 0.15) is 6.04 Å². The summed E-state index contributed by atoms with van der Waals surface area (Å²) in [6.45, 7) is 0. The van der Waals surface area contributed by atoms with Crippen molar-refractivity contribution >= 4 is 46.0 Å². The Hall–Kier alpha value is -4.66. The number of imide groups is 1. The van der Waals surface area contributed by atoms with Gasteiger partial charge in [0.25, 0.3) is 5.69 Å². The van der Waals surface area contributed by atoms with Crippen LogP contribution in [0.15, 0.2) is 84.0 Å². The molecule has 35 heavy (non-hydrogen) atoms. The lowest BCUT2D eigenvalue weighted by Crippen LogP contribution is -2.46. The largest absolute Gasteiger partial charge is 0.292 e. The first kappa shape index (κ1) is 20.9. The van der Waals surface area contributed by atoms with Gasteiger partial charge in [-0.05, 0) is 29.0 Å². The Labute approximate surface area is 199 Å². The number of amides is 2. The summed E-state index contributed by atoms with van der Waals surface area (Å²) in [5.74, 6) is -3.11. The first-order valence-electron chi connectivity index (χ1n) is 11.1. The highest BCUT2D eigenvalue weighted by Gasteiger charge is 2.64. The number of hydrogen-bond donors (Lipinski definition) is 0. The minimum Gasteiger partial charge on any atom is -0.292 e. The van der Waals surface area contributed by atoms with Crippen LogP contribution in [0.3, 0.4) is 0 Å². The van der Waals surface area contributed by atoms with Gasteiger partial charge in [-0.3, -0.25) is 29.5 Å². The summed E-state index contributed by atoms with van der Waals surface area (Å²) in [6.07, 6.45) is 4.96. The summed E-state index contributed by atoms with van der Waals surface area (Å²) in [6, 6.07) is 16.8. The van der Waals surface area contributed by atoms with Crippen molar-refractivity contribution in [1.29, 1.82) is 0 Å². The molecular weight excluding hydrogens is 448 g/mol. The number of ketones is 1. The molecule has 3 aromatic carbocycles. The molecule has 172 valence electrons. The van der Waals surface area contributed by atoms with Gasteiger partial charge >= 0.3 is 0 Å². The maximum Gasteiger partial charge on any atom is 0.270 e. The molecule has 0 N–H and O–H groups in total. The van der Waals surface area contributed by atoms with E-state index in [9.17, 15) is 24.5 Å². The van der Waals surface area contributed by atoms with Crippen LogP contribution in [0.2, 0.25) is 0 Å². The molecule has 9 heteroatoms. The van der Waals surface area contributed by atoms with Crippen LogP contribution in [0.4, 0.5) is 11.4 Å². The molecular formula is C26H18N4O5. The molecule has 6 rings (SSSR count). The molecule has 0 bridgehead atoms. The lowest BCUT2D eigenvalue weighted by molar-refractivity contribution is -0.384. The third kappa shape index (κ3) is 3.08. The molecule has 3 aliphatic rings. The molecule has 0 spiro atoms. The molecule has 2 fully saturated rings. The van der Waals surface area contributed by atoms with Crippen LogP contribution >= 0.6 is 0 Å². The van der Waals surface area contributed by atoms with Gasteiger partial charge in [-0.15, -0.1) is 0 Å². The topological polar surface area (TPSA) is 113 Å². The van der Waals surface area contributed by atoms with E-state index in [0.29, 0.717) is 5.69 Å². The van der Waals surface area contributed by atoms with Crippen molar-refractivity contribution in [2.75, 3.05) is 4.90 Å². The molecule has 2 amide bonds. The number of nitro groups is 1. The molecule has 0 unspecified atom stereocenters. The Morgan fingerprint density at radius 2 is 1.69 bits per heavy atom. The van der Waals surface area contributed by atoms with Gasteiger partial charge in [-0.25, -0.2) is 4.90 Å². The zero-order valence-electron chi connectivity index (χ0n) is 18.2. The third-order valence-electron chi connectivity index (χ3n) is 6.89. The first-order valence-corrected chi connectivity index (χ1v) is 11.1. The van der Waals surface area contributed by atoms with Crippen LogP contribution in [0, 0.1) is 22.0 Å². The summed E-state index contributed by atoms with van der Waals surface area (Å²) in [4.78, 5) is 52.8. The van der Waals surface area contributed by atoms with Gasteiger partial charge < -0.3 is 0 Å². The Morgan fingerprint density at radius 1 is 0.914 bits per heavy atom. The van der Waals surface area contributed by atoms with Crippen molar-refractivity contribution in [2.45, 2.75) is 12.1 Å². The van der Waals surface area contributed by atoms with Crippen molar-refractivity contribution < 1.29 is 19.3 Å². The quantitative estimate of drug-likeness (QED) is 0.252. The van der Waals surface area contributed by atoms with Crippen molar-refractivity contribution in [2.24, 2.45) is 16.9 Å². The maximum atomic E-state index is 13.7. The smallest absolute Gasteiger partial charge is 0.270 e. The summed E-state index contributed by atoms with van der Waals surface area (Å²) in [7, 11) is 0. The van der Waals surface area contributed by atoms with E-state index in [1.54, 1.807) is 24.3 Å². The summed E-state index contributed by atoms with van der Waals surface area (Å²) in [5.41, 5.74) is 0.317. The van der Waals surface area contributed by atoms with Crippen molar-refractivity contribution in [3.63, 3.8) is 0 Å². The number of Topliss-reactive ketones (excluding diaryl/α,β-unsaturated/α-hetero) is 1. The number of carbonyl (C=O) groups is 3. The van der Waals surface area contributed by atoms with Gasteiger partial charge in [0, 0.05) is 23.9 Å². The van der Waals surface area contributed by atoms with Crippen molar-refractivity contribution in [1.82, 2.24) is 5.01 Å². The number of rotatable bonds is 4. The van der Waals surface area contributed by atoms with E-state index in [2.05, 4.69) is 5.10 Å². The number of nitrogens with zero attached hydrogens (tertiary/aromatic N) is 4.